The first-order chi connectivity index (χ1) is 13.0. The van der Waals surface area contributed by atoms with Crippen molar-refractivity contribution in [3.05, 3.63) is 57.6 Å². The monoisotopic (exact) mass is 368 g/mol. The number of hydrogen-bond acceptors (Lipinski definition) is 2. The second-order valence-electron chi connectivity index (χ2n) is 7.79. The summed E-state index contributed by atoms with van der Waals surface area (Å²) in [5.74, 6) is 0.852. The van der Waals surface area contributed by atoms with Gasteiger partial charge in [0.25, 0.3) is 0 Å². The van der Waals surface area contributed by atoms with Crippen LogP contribution in [-0.2, 0) is 19.3 Å². The Morgan fingerprint density at radius 2 is 1.04 bits per heavy atom. The molecule has 0 aliphatic carbocycles. The topological polar surface area (TPSA) is 40.5 Å². The van der Waals surface area contributed by atoms with Gasteiger partial charge in [0.15, 0.2) is 0 Å². The van der Waals surface area contributed by atoms with Crippen LogP contribution in [0.5, 0.6) is 11.5 Å². The molecule has 2 nitrogen and oxygen atoms in total. The fourth-order valence-electron chi connectivity index (χ4n) is 3.90. The summed E-state index contributed by atoms with van der Waals surface area (Å²) in [5, 5.41) is 20.6. The van der Waals surface area contributed by atoms with E-state index in [0.717, 1.165) is 43.2 Å². The maximum absolute atomic E-state index is 10.3. The highest BCUT2D eigenvalue weighted by atomic mass is 16.3. The van der Waals surface area contributed by atoms with E-state index in [1.807, 2.05) is 12.1 Å². The van der Waals surface area contributed by atoms with E-state index in [1.54, 1.807) is 0 Å². The molecule has 0 bridgehead atoms. The Balaban J connectivity index is 2.26. The van der Waals surface area contributed by atoms with Crippen molar-refractivity contribution in [3.8, 4) is 11.5 Å². The molecule has 2 N–H and O–H groups in total. The molecule has 0 radical (unpaired) electrons. The van der Waals surface area contributed by atoms with Crippen molar-refractivity contribution in [3.63, 3.8) is 0 Å². The Bertz CT molecular complexity index is 683. The van der Waals surface area contributed by atoms with E-state index in [0.29, 0.717) is 11.5 Å². The number of hydrogen-bond donors (Lipinski definition) is 2. The quantitative estimate of drug-likeness (QED) is 0.454. The van der Waals surface area contributed by atoms with E-state index in [9.17, 15) is 10.2 Å². The van der Waals surface area contributed by atoms with Crippen LogP contribution in [0.25, 0.3) is 0 Å². The lowest BCUT2D eigenvalue weighted by Crippen LogP contribution is -2.02. The molecular formula is C25H36O2. The van der Waals surface area contributed by atoms with E-state index >= 15 is 0 Å². The largest absolute Gasteiger partial charge is 0.508 e. The predicted octanol–water partition coefficient (Wildman–Crippen LogP) is 6.77. The lowest BCUT2D eigenvalue weighted by atomic mass is 9.89. The molecule has 0 aromatic heterocycles. The molecule has 0 amide bonds. The van der Waals surface area contributed by atoms with E-state index in [-0.39, 0.29) is 0 Å². The van der Waals surface area contributed by atoms with E-state index < -0.39 is 0 Å². The minimum absolute atomic E-state index is 0.426. The summed E-state index contributed by atoms with van der Waals surface area (Å²) in [7, 11) is 0. The molecule has 2 heteroatoms. The Labute approximate surface area is 165 Å². The van der Waals surface area contributed by atoms with Crippen molar-refractivity contribution in [1.82, 2.24) is 0 Å². The van der Waals surface area contributed by atoms with Gasteiger partial charge in [-0.15, -0.1) is 0 Å². The van der Waals surface area contributed by atoms with Crippen molar-refractivity contribution in [2.45, 2.75) is 85.5 Å². The third kappa shape index (κ3) is 5.51. The molecule has 0 heterocycles. The van der Waals surface area contributed by atoms with Gasteiger partial charge in [-0.1, -0.05) is 51.7 Å². The average molecular weight is 369 g/mol. The molecule has 0 saturated carbocycles. The van der Waals surface area contributed by atoms with Crippen LogP contribution in [0, 0.1) is 13.8 Å². The number of aromatic hydroxyl groups is 2. The van der Waals surface area contributed by atoms with Crippen LogP contribution in [0.2, 0.25) is 0 Å². The maximum Gasteiger partial charge on any atom is 0.119 e. The Morgan fingerprint density at radius 3 is 1.41 bits per heavy atom. The van der Waals surface area contributed by atoms with Gasteiger partial charge >= 0.3 is 0 Å². The summed E-state index contributed by atoms with van der Waals surface area (Å²) in [6.45, 7) is 8.67. The smallest absolute Gasteiger partial charge is 0.119 e. The molecule has 2 aromatic rings. The first-order valence-electron chi connectivity index (χ1n) is 10.6. The minimum Gasteiger partial charge on any atom is -0.508 e. The van der Waals surface area contributed by atoms with Gasteiger partial charge in [-0.25, -0.2) is 0 Å². The Morgan fingerprint density at radius 1 is 0.630 bits per heavy atom. The second-order valence-corrected chi connectivity index (χ2v) is 7.79. The molecule has 0 unspecified atom stereocenters. The van der Waals surface area contributed by atoms with Crippen molar-refractivity contribution in [1.29, 1.82) is 0 Å². The highest BCUT2D eigenvalue weighted by molar-refractivity contribution is 5.49. The fourth-order valence-corrected chi connectivity index (χ4v) is 3.90. The van der Waals surface area contributed by atoms with Crippen LogP contribution in [-0.4, -0.2) is 10.2 Å². The molecule has 0 spiro atoms. The molecule has 0 fully saturated rings. The van der Waals surface area contributed by atoms with E-state index in [1.165, 1.54) is 47.9 Å². The zero-order valence-corrected chi connectivity index (χ0v) is 17.6. The molecule has 27 heavy (non-hydrogen) atoms. The normalized spacial score (nSPS) is 11.1. The summed E-state index contributed by atoms with van der Waals surface area (Å²) in [6, 6.07) is 7.80. The van der Waals surface area contributed by atoms with Crippen LogP contribution in [0.1, 0.15) is 85.8 Å². The first-order valence-corrected chi connectivity index (χ1v) is 10.6. The molecule has 2 aromatic carbocycles. The number of phenols is 2. The third-order valence-corrected chi connectivity index (χ3v) is 5.81. The maximum atomic E-state index is 10.3. The average Bonchev–Trinajstić information content (AvgIpc) is 2.65. The van der Waals surface area contributed by atoms with Gasteiger partial charge in [-0.05, 0) is 91.5 Å². The van der Waals surface area contributed by atoms with Crippen LogP contribution in [0.15, 0.2) is 24.3 Å². The summed E-state index contributed by atoms with van der Waals surface area (Å²) < 4.78 is 0. The Hall–Kier alpha value is -1.96. The summed E-state index contributed by atoms with van der Waals surface area (Å²) >= 11 is 0. The summed E-state index contributed by atoms with van der Waals surface area (Å²) in [6.07, 6.45) is 9.73. The third-order valence-electron chi connectivity index (χ3n) is 5.81. The van der Waals surface area contributed by atoms with Crippen LogP contribution >= 0.6 is 0 Å². The fraction of sp³-hybridized carbons (Fsp3) is 0.520. The van der Waals surface area contributed by atoms with Crippen LogP contribution in [0.4, 0.5) is 0 Å². The zero-order valence-electron chi connectivity index (χ0n) is 17.6. The van der Waals surface area contributed by atoms with Crippen molar-refractivity contribution in [2.75, 3.05) is 0 Å². The first kappa shape index (κ1) is 21.3. The summed E-state index contributed by atoms with van der Waals surface area (Å²) in [5.41, 5.74) is 7.17. The minimum atomic E-state index is 0.426. The van der Waals surface area contributed by atoms with E-state index in [2.05, 4.69) is 39.8 Å². The second kappa shape index (κ2) is 10.4. The number of rotatable bonds is 10. The molecule has 2 rings (SSSR count). The standard InChI is InChI=1S/C25H36O2/c1-5-7-9-11-22-18(3)20(13-15-24(22)26)17-21-14-16-25(27)23(19(21)4)12-10-8-6-2/h13-16,26-27H,5-12,17H2,1-4H3. The lowest BCUT2D eigenvalue weighted by Gasteiger charge is -2.17. The van der Waals surface area contributed by atoms with Gasteiger partial charge in [0.1, 0.15) is 11.5 Å². The van der Waals surface area contributed by atoms with Gasteiger partial charge in [0.05, 0.1) is 0 Å². The molecule has 148 valence electrons. The molecule has 0 saturated heterocycles. The molecule has 0 aliphatic rings. The summed E-state index contributed by atoms with van der Waals surface area (Å²) in [4.78, 5) is 0. The van der Waals surface area contributed by atoms with Gasteiger partial charge in [-0.2, -0.15) is 0 Å². The molecule has 0 atom stereocenters. The van der Waals surface area contributed by atoms with E-state index in [4.69, 9.17) is 0 Å². The van der Waals surface area contributed by atoms with Crippen LogP contribution < -0.4 is 0 Å². The number of phenolic OH excluding ortho intramolecular Hbond substituents is 2. The Kier molecular flexibility index (Phi) is 8.22. The highest BCUT2D eigenvalue weighted by Gasteiger charge is 2.13. The SMILES string of the molecule is CCCCCc1c(O)ccc(Cc2ccc(O)c(CCCCC)c2C)c1C. The highest BCUT2D eigenvalue weighted by Crippen LogP contribution is 2.31. The molecular weight excluding hydrogens is 332 g/mol. The van der Waals surface area contributed by atoms with Crippen LogP contribution in [0.3, 0.4) is 0 Å². The zero-order chi connectivity index (χ0) is 19.8. The van der Waals surface area contributed by atoms with Gasteiger partial charge in [0.2, 0.25) is 0 Å². The van der Waals surface area contributed by atoms with Gasteiger partial charge < -0.3 is 10.2 Å². The van der Waals surface area contributed by atoms with Crippen molar-refractivity contribution < 1.29 is 10.2 Å². The van der Waals surface area contributed by atoms with Gasteiger partial charge in [0, 0.05) is 0 Å². The molecule has 0 aliphatic heterocycles. The van der Waals surface area contributed by atoms with Gasteiger partial charge in [-0.3, -0.25) is 0 Å². The predicted molar refractivity (Wildman–Crippen MR) is 115 cm³/mol. The lowest BCUT2D eigenvalue weighted by molar-refractivity contribution is 0.465. The van der Waals surface area contributed by atoms with Crippen molar-refractivity contribution in [2.24, 2.45) is 0 Å². The number of benzene rings is 2. The van der Waals surface area contributed by atoms with Crippen molar-refractivity contribution >= 4 is 0 Å². The number of unbranched alkanes of at least 4 members (excludes halogenated alkanes) is 4.